The Hall–Kier alpha value is -3.26. The van der Waals surface area contributed by atoms with E-state index in [2.05, 4.69) is 15.5 Å². The summed E-state index contributed by atoms with van der Waals surface area (Å²) in [6.07, 6.45) is 0. The molecule has 0 unspecified atom stereocenters. The second-order valence-corrected chi connectivity index (χ2v) is 6.04. The molecule has 0 fully saturated rings. The molecule has 0 spiro atoms. The standard InChI is InChI=1S/C19H18ClN3O5/c1-25-13-6-7-15(16(9-13)26-2)19-22-18(28-23-19)10-21-17(24)11-27-14-5-3-4-12(20)8-14/h3-9H,10-11H2,1-2H3,(H,21,24). The molecule has 1 heterocycles. The number of nitrogens with zero attached hydrogens (tertiary/aromatic N) is 2. The second-order valence-electron chi connectivity index (χ2n) is 5.60. The van der Waals surface area contributed by atoms with Crippen molar-refractivity contribution in [2.24, 2.45) is 0 Å². The zero-order valence-electron chi connectivity index (χ0n) is 15.3. The summed E-state index contributed by atoms with van der Waals surface area (Å²) in [4.78, 5) is 16.2. The van der Waals surface area contributed by atoms with Gasteiger partial charge in [0.05, 0.1) is 26.3 Å². The van der Waals surface area contributed by atoms with Crippen LogP contribution in [0, 0.1) is 0 Å². The number of ether oxygens (including phenoxy) is 3. The summed E-state index contributed by atoms with van der Waals surface area (Å²) in [6.45, 7) is -0.0865. The summed E-state index contributed by atoms with van der Waals surface area (Å²) in [5, 5.41) is 7.11. The Morgan fingerprint density at radius 1 is 1.14 bits per heavy atom. The third kappa shape index (κ3) is 4.92. The maximum atomic E-state index is 11.9. The van der Waals surface area contributed by atoms with E-state index in [0.29, 0.717) is 33.7 Å². The SMILES string of the molecule is COc1ccc(-c2noc(CNC(=O)COc3cccc(Cl)c3)n2)c(OC)c1. The lowest BCUT2D eigenvalue weighted by Crippen LogP contribution is -2.28. The molecule has 1 N–H and O–H groups in total. The van der Waals surface area contributed by atoms with Gasteiger partial charge in [0, 0.05) is 11.1 Å². The minimum absolute atomic E-state index is 0.0726. The molecule has 0 radical (unpaired) electrons. The van der Waals surface area contributed by atoms with Crippen LogP contribution in [0.5, 0.6) is 17.2 Å². The van der Waals surface area contributed by atoms with Crippen LogP contribution in [-0.4, -0.2) is 36.9 Å². The van der Waals surface area contributed by atoms with Gasteiger partial charge >= 0.3 is 0 Å². The molecule has 0 aliphatic heterocycles. The van der Waals surface area contributed by atoms with Crippen molar-refractivity contribution in [3.63, 3.8) is 0 Å². The zero-order valence-corrected chi connectivity index (χ0v) is 16.0. The van der Waals surface area contributed by atoms with Gasteiger partial charge in [0.25, 0.3) is 5.91 Å². The van der Waals surface area contributed by atoms with Crippen molar-refractivity contribution in [1.29, 1.82) is 0 Å². The third-order valence-corrected chi connectivity index (χ3v) is 3.96. The molecule has 3 aromatic rings. The maximum absolute atomic E-state index is 11.9. The molecule has 0 aliphatic rings. The molecule has 146 valence electrons. The fourth-order valence-electron chi connectivity index (χ4n) is 2.35. The fourth-order valence-corrected chi connectivity index (χ4v) is 2.53. The van der Waals surface area contributed by atoms with Crippen molar-refractivity contribution in [2.75, 3.05) is 20.8 Å². The van der Waals surface area contributed by atoms with E-state index in [1.807, 2.05) is 0 Å². The van der Waals surface area contributed by atoms with Crippen molar-refractivity contribution in [2.45, 2.75) is 6.54 Å². The van der Waals surface area contributed by atoms with Crippen molar-refractivity contribution >= 4 is 17.5 Å². The normalized spacial score (nSPS) is 10.4. The first kappa shape index (κ1) is 19.5. The zero-order chi connectivity index (χ0) is 19.9. The van der Waals surface area contributed by atoms with Crippen molar-refractivity contribution < 1.29 is 23.5 Å². The monoisotopic (exact) mass is 403 g/mol. The van der Waals surface area contributed by atoms with Crippen molar-refractivity contribution in [3.8, 4) is 28.6 Å². The van der Waals surface area contributed by atoms with E-state index < -0.39 is 0 Å². The Bertz CT molecular complexity index is 960. The Labute approximate surface area is 166 Å². The third-order valence-electron chi connectivity index (χ3n) is 3.72. The molecule has 0 saturated heterocycles. The topological polar surface area (TPSA) is 95.7 Å². The number of carbonyl (C=O) groups is 1. The molecular weight excluding hydrogens is 386 g/mol. The maximum Gasteiger partial charge on any atom is 0.258 e. The van der Waals surface area contributed by atoms with Crippen LogP contribution in [0.15, 0.2) is 47.0 Å². The van der Waals surface area contributed by atoms with E-state index >= 15 is 0 Å². The molecule has 0 bridgehead atoms. The highest BCUT2D eigenvalue weighted by molar-refractivity contribution is 6.30. The molecule has 1 aromatic heterocycles. The number of nitrogens with one attached hydrogen (secondary N) is 1. The molecule has 1 amide bonds. The molecule has 0 saturated carbocycles. The quantitative estimate of drug-likeness (QED) is 0.617. The minimum atomic E-state index is -0.332. The predicted octanol–water partition coefficient (Wildman–Crippen LogP) is 3.10. The molecule has 0 atom stereocenters. The Kier molecular flexibility index (Phi) is 6.33. The van der Waals surface area contributed by atoms with Gasteiger partial charge in [0.2, 0.25) is 11.7 Å². The van der Waals surface area contributed by atoms with Gasteiger partial charge in [-0.1, -0.05) is 22.8 Å². The van der Waals surface area contributed by atoms with Gasteiger partial charge in [0.15, 0.2) is 6.61 Å². The first-order valence-corrected chi connectivity index (χ1v) is 8.67. The largest absolute Gasteiger partial charge is 0.497 e. The number of halogens is 1. The molecule has 0 aliphatic carbocycles. The average Bonchev–Trinajstić information content (AvgIpc) is 3.19. The van der Waals surface area contributed by atoms with Crippen LogP contribution in [0.25, 0.3) is 11.4 Å². The number of amides is 1. The summed E-state index contributed by atoms with van der Waals surface area (Å²) in [6, 6.07) is 12.1. The van der Waals surface area contributed by atoms with Crippen LogP contribution >= 0.6 is 11.6 Å². The highest BCUT2D eigenvalue weighted by Crippen LogP contribution is 2.31. The van der Waals surface area contributed by atoms with Gasteiger partial charge in [0.1, 0.15) is 17.2 Å². The van der Waals surface area contributed by atoms with E-state index in [1.54, 1.807) is 56.7 Å². The summed E-state index contributed by atoms with van der Waals surface area (Å²) in [5.74, 6) is 1.97. The van der Waals surface area contributed by atoms with Gasteiger partial charge < -0.3 is 24.1 Å². The summed E-state index contributed by atoms with van der Waals surface area (Å²) in [7, 11) is 3.11. The van der Waals surface area contributed by atoms with Crippen LogP contribution in [0.4, 0.5) is 0 Å². The molecule has 3 rings (SSSR count). The van der Waals surface area contributed by atoms with E-state index in [4.69, 9.17) is 30.3 Å². The number of aromatic nitrogens is 2. The van der Waals surface area contributed by atoms with Crippen LogP contribution in [0.3, 0.4) is 0 Å². The van der Waals surface area contributed by atoms with E-state index in [-0.39, 0.29) is 24.9 Å². The van der Waals surface area contributed by atoms with Gasteiger partial charge in [-0.15, -0.1) is 0 Å². The number of hydrogen-bond acceptors (Lipinski definition) is 7. The van der Waals surface area contributed by atoms with Crippen LogP contribution in [0.1, 0.15) is 5.89 Å². The fraction of sp³-hybridized carbons (Fsp3) is 0.211. The van der Waals surface area contributed by atoms with Crippen LogP contribution < -0.4 is 19.5 Å². The number of benzene rings is 2. The molecule has 28 heavy (non-hydrogen) atoms. The van der Waals surface area contributed by atoms with Crippen LogP contribution in [0.2, 0.25) is 5.02 Å². The van der Waals surface area contributed by atoms with E-state index in [9.17, 15) is 4.79 Å². The summed E-state index contributed by atoms with van der Waals surface area (Å²) < 4.78 is 21.1. The summed E-state index contributed by atoms with van der Waals surface area (Å²) in [5.41, 5.74) is 0.647. The van der Waals surface area contributed by atoms with E-state index in [0.717, 1.165) is 0 Å². The second kappa shape index (κ2) is 9.09. The van der Waals surface area contributed by atoms with Crippen LogP contribution in [-0.2, 0) is 11.3 Å². The molecular formula is C19H18ClN3O5. The lowest BCUT2D eigenvalue weighted by molar-refractivity contribution is -0.123. The first-order valence-electron chi connectivity index (χ1n) is 8.29. The lowest BCUT2D eigenvalue weighted by Gasteiger charge is -2.07. The number of rotatable bonds is 8. The number of methoxy groups -OCH3 is 2. The van der Waals surface area contributed by atoms with Gasteiger partial charge in [-0.3, -0.25) is 4.79 Å². The average molecular weight is 404 g/mol. The van der Waals surface area contributed by atoms with E-state index in [1.165, 1.54) is 0 Å². The highest BCUT2D eigenvalue weighted by atomic mass is 35.5. The Balaban J connectivity index is 1.57. The van der Waals surface area contributed by atoms with Gasteiger partial charge in [-0.05, 0) is 30.3 Å². The Morgan fingerprint density at radius 2 is 2.00 bits per heavy atom. The van der Waals surface area contributed by atoms with Crippen molar-refractivity contribution in [1.82, 2.24) is 15.5 Å². The first-order chi connectivity index (χ1) is 13.6. The molecule has 9 heteroatoms. The smallest absolute Gasteiger partial charge is 0.258 e. The molecule has 2 aromatic carbocycles. The predicted molar refractivity (Wildman–Crippen MR) is 102 cm³/mol. The number of hydrogen-bond donors (Lipinski definition) is 1. The Morgan fingerprint density at radius 3 is 2.75 bits per heavy atom. The van der Waals surface area contributed by atoms with Gasteiger partial charge in [-0.25, -0.2) is 0 Å². The number of carbonyl (C=O) groups excluding carboxylic acids is 1. The summed E-state index contributed by atoms with van der Waals surface area (Å²) >= 11 is 5.87. The highest BCUT2D eigenvalue weighted by Gasteiger charge is 2.15. The lowest BCUT2D eigenvalue weighted by atomic mass is 10.2. The molecule has 8 nitrogen and oxygen atoms in total. The van der Waals surface area contributed by atoms with Gasteiger partial charge in [-0.2, -0.15) is 4.98 Å². The van der Waals surface area contributed by atoms with Crippen molar-refractivity contribution in [3.05, 3.63) is 53.4 Å². The minimum Gasteiger partial charge on any atom is -0.497 e.